The molecule has 44 heavy (non-hydrogen) atoms. The number of rotatable bonds is 9. The highest BCUT2D eigenvalue weighted by Gasteiger charge is 2.39. The molecule has 7 heteroatoms. The highest BCUT2D eigenvalue weighted by molar-refractivity contribution is 6.30. The number of H-pyrrole nitrogens is 1. The second kappa shape index (κ2) is 14.0. The first-order valence-electron chi connectivity index (χ1n) is 16.0. The number of benzene rings is 3. The Morgan fingerprint density at radius 2 is 1.61 bits per heavy atom. The van der Waals surface area contributed by atoms with Gasteiger partial charge in [0.25, 0.3) is 0 Å². The van der Waals surface area contributed by atoms with Crippen LogP contribution in [0.4, 0.5) is 4.79 Å². The zero-order chi connectivity index (χ0) is 30.4. The van der Waals surface area contributed by atoms with Crippen LogP contribution in [0, 0.1) is 0 Å². The summed E-state index contributed by atoms with van der Waals surface area (Å²) in [6, 6.07) is 31.2. The van der Waals surface area contributed by atoms with Gasteiger partial charge in [-0.25, -0.2) is 4.79 Å². The standard InChI is InChI=1S/C37H43ClN4O2/c1-41(36(43)44-27-28-8-4-2-5-9-28)33-16-20-37(21-17-33,31-10-6-3-7-11-31)22-25-42-23-18-30(19-24-42)35-26-34(39-40-35)29-12-14-32(38)15-13-29/h2-15,26,30,33H,16-25,27H2,1H3,(H,39,40). The highest BCUT2D eigenvalue weighted by atomic mass is 35.5. The minimum atomic E-state index is -0.230. The van der Waals surface area contributed by atoms with E-state index in [9.17, 15) is 4.79 Å². The van der Waals surface area contributed by atoms with Crippen LogP contribution in [0.15, 0.2) is 91.0 Å². The van der Waals surface area contributed by atoms with Crippen molar-refractivity contribution < 1.29 is 9.53 Å². The van der Waals surface area contributed by atoms with Crippen LogP contribution in [0.5, 0.6) is 0 Å². The molecule has 0 bridgehead atoms. The minimum Gasteiger partial charge on any atom is -0.445 e. The number of hydrogen-bond acceptors (Lipinski definition) is 4. The molecule has 6 nitrogen and oxygen atoms in total. The van der Waals surface area contributed by atoms with Gasteiger partial charge in [-0.05, 0) is 99.3 Å². The summed E-state index contributed by atoms with van der Waals surface area (Å²) in [5, 5.41) is 8.64. The van der Waals surface area contributed by atoms with Gasteiger partial charge in [-0.1, -0.05) is 84.4 Å². The van der Waals surface area contributed by atoms with E-state index in [-0.39, 0.29) is 17.6 Å². The number of hydrogen-bond donors (Lipinski definition) is 1. The van der Waals surface area contributed by atoms with Crippen LogP contribution in [0.3, 0.4) is 0 Å². The molecule has 0 atom stereocenters. The molecule has 4 aromatic rings. The second-order valence-electron chi connectivity index (χ2n) is 12.6. The van der Waals surface area contributed by atoms with E-state index < -0.39 is 0 Å². The van der Waals surface area contributed by atoms with Crippen LogP contribution in [-0.4, -0.2) is 58.8 Å². The van der Waals surface area contributed by atoms with Gasteiger partial charge >= 0.3 is 6.09 Å². The van der Waals surface area contributed by atoms with E-state index in [1.807, 2.05) is 66.5 Å². The molecule has 2 fully saturated rings. The minimum absolute atomic E-state index is 0.139. The highest BCUT2D eigenvalue weighted by Crippen LogP contribution is 2.44. The molecule has 1 saturated heterocycles. The molecule has 1 aliphatic carbocycles. The molecule has 0 unspecified atom stereocenters. The Morgan fingerprint density at radius 1 is 0.955 bits per heavy atom. The molecule has 2 aliphatic rings. The number of aromatic amines is 1. The molecule has 1 N–H and O–H groups in total. The monoisotopic (exact) mass is 610 g/mol. The molecule has 1 aliphatic heterocycles. The number of likely N-dealkylation sites (tertiary alicyclic amines) is 1. The maximum absolute atomic E-state index is 12.9. The fourth-order valence-corrected chi connectivity index (χ4v) is 7.27. The largest absolute Gasteiger partial charge is 0.445 e. The molecule has 1 aromatic heterocycles. The first kappa shape index (κ1) is 30.4. The summed E-state index contributed by atoms with van der Waals surface area (Å²) in [7, 11) is 1.90. The van der Waals surface area contributed by atoms with Gasteiger partial charge in [0.05, 0.1) is 5.69 Å². The second-order valence-corrected chi connectivity index (χ2v) is 13.0. The zero-order valence-corrected chi connectivity index (χ0v) is 26.4. The molecule has 0 radical (unpaired) electrons. The predicted octanol–water partition coefficient (Wildman–Crippen LogP) is 8.45. The normalized spacial score (nSPS) is 21.2. The molecule has 3 aromatic carbocycles. The van der Waals surface area contributed by atoms with E-state index in [0.717, 1.165) is 86.4 Å². The van der Waals surface area contributed by atoms with Crippen molar-refractivity contribution in [2.45, 2.75) is 68.9 Å². The third-order valence-corrected chi connectivity index (χ3v) is 10.3. The number of piperidine rings is 1. The third-order valence-electron chi connectivity index (χ3n) is 10.0. The van der Waals surface area contributed by atoms with Crippen LogP contribution in [0.25, 0.3) is 11.3 Å². The van der Waals surface area contributed by atoms with Gasteiger partial charge in [-0.2, -0.15) is 5.10 Å². The Bertz CT molecular complexity index is 1470. The number of carbonyl (C=O) groups is 1. The molecular weight excluding hydrogens is 568 g/mol. The van der Waals surface area contributed by atoms with E-state index in [2.05, 4.69) is 51.5 Å². The van der Waals surface area contributed by atoms with E-state index >= 15 is 0 Å². The number of halogens is 1. The quantitative estimate of drug-likeness (QED) is 0.206. The lowest BCUT2D eigenvalue weighted by molar-refractivity contribution is 0.0731. The van der Waals surface area contributed by atoms with Crippen molar-refractivity contribution in [3.05, 3.63) is 113 Å². The number of nitrogens with one attached hydrogen (secondary N) is 1. The van der Waals surface area contributed by atoms with Crippen molar-refractivity contribution in [3.63, 3.8) is 0 Å². The van der Waals surface area contributed by atoms with Gasteiger partial charge < -0.3 is 14.5 Å². The SMILES string of the molecule is CN(C(=O)OCc1ccccc1)C1CCC(CCN2CCC(c3cc(-c4ccc(Cl)cc4)n[nH]3)CC2)(c2ccccc2)CC1. The van der Waals surface area contributed by atoms with Crippen LogP contribution < -0.4 is 0 Å². The van der Waals surface area contributed by atoms with Gasteiger partial charge in [0.2, 0.25) is 0 Å². The van der Waals surface area contributed by atoms with Gasteiger partial charge in [-0.3, -0.25) is 5.10 Å². The number of amides is 1. The van der Waals surface area contributed by atoms with Crippen LogP contribution in [0.1, 0.15) is 67.7 Å². The summed E-state index contributed by atoms with van der Waals surface area (Å²) in [5.74, 6) is 0.510. The zero-order valence-electron chi connectivity index (χ0n) is 25.6. The number of nitrogens with zero attached hydrogens (tertiary/aromatic N) is 3. The third kappa shape index (κ3) is 7.19. The molecule has 0 spiro atoms. The van der Waals surface area contributed by atoms with E-state index in [1.54, 1.807) is 0 Å². The van der Waals surface area contributed by atoms with Crippen molar-refractivity contribution in [3.8, 4) is 11.3 Å². The lowest BCUT2D eigenvalue weighted by atomic mass is 9.66. The molecule has 230 valence electrons. The molecular formula is C37H43ClN4O2. The fraction of sp³-hybridized carbons (Fsp3) is 0.405. The smallest absolute Gasteiger partial charge is 0.410 e. The molecule has 1 amide bonds. The van der Waals surface area contributed by atoms with E-state index in [0.29, 0.717) is 12.5 Å². The predicted molar refractivity (Wildman–Crippen MR) is 177 cm³/mol. The maximum Gasteiger partial charge on any atom is 0.410 e. The lowest BCUT2D eigenvalue weighted by Crippen LogP contribution is -2.45. The lowest BCUT2D eigenvalue weighted by Gasteiger charge is -2.44. The average Bonchev–Trinajstić information content (AvgIpc) is 3.58. The Kier molecular flexibility index (Phi) is 9.68. The fourth-order valence-electron chi connectivity index (χ4n) is 7.14. The average molecular weight is 611 g/mol. The van der Waals surface area contributed by atoms with Crippen molar-refractivity contribution >= 4 is 17.7 Å². The molecule has 1 saturated carbocycles. The van der Waals surface area contributed by atoms with Crippen LogP contribution in [0.2, 0.25) is 5.02 Å². The van der Waals surface area contributed by atoms with Crippen LogP contribution in [-0.2, 0) is 16.8 Å². The topological polar surface area (TPSA) is 61.5 Å². The Hall–Kier alpha value is -3.61. The number of aromatic nitrogens is 2. The van der Waals surface area contributed by atoms with Crippen molar-refractivity contribution in [1.82, 2.24) is 20.0 Å². The van der Waals surface area contributed by atoms with E-state index in [1.165, 1.54) is 11.3 Å². The summed E-state index contributed by atoms with van der Waals surface area (Å²) < 4.78 is 5.64. The summed E-state index contributed by atoms with van der Waals surface area (Å²) in [6.07, 6.45) is 7.32. The van der Waals surface area contributed by atoms with Gasteiger partial charge in [0.15, 0.2) is 0 Å². The number of carbonyl (C=O) groups excluding carboxylic acids is 1. The summed E-state index contributed by atoms with van der Waals surface area (Å²) >= 11 is 6.07. The Balaban J connectivity index is 1.02. The Morgan fingerprint density at radius 3 is 2.30 bits per heavy atom. The van der Waals surface area contributed by atoms with Gasteiger partial charge in [-0.15, -0.1) is 0 Å². The first-order valence-corrected chi connectivity index (χ1v) is 16.4. The van der Waals surface area contributed by atoms with Gasteiger partial charge in [0, 0.05) is 35.3 Å². The van der Waals surface area contributed by atoms with Gasteiger partial charge in [0.1, 0.15) is 6.61 Å². The Labute approximate surface area is 266 Å². The number of ether oxygens (including phenoxy) is 1. The summed E-state index contributed by atoms with van der Waals surface area (Å²) in [6.45, 7) is 3.61. The van der Waals surface area contributed by atoms with Crippen molar-refractivity contribution in [2.75, 3.05) is 26.7 Å². The first-order chi connectivity index (χ1) is 21.5. The van der Waals surface area contributed by atoms with Crippen molar-refractivity contribution in [1.29, 1.82) is 0 Å². The maximum atomic E-state index is 12.9. The summed E-state index contributed by atoms with van der Waals surface area (Å²) in [4.78, 5) is 17.4. The summed E-state index contributed by atoms with van der Waals surface area (Å²) in [5.41, 5.74) is 5.90. The van der Waals surface area contributed by atoms with Crippen LogP contribution >= 0.6 is 11.6 Å². The molecule has 6 rings (SSSR count). The molecule has 2 heterocycles. The van der Waals surface area contributed by atoms with E-state index in [4.69, 9.17) is 16.3 Å². The van der Waals surface area contributed by atoms with Crippen molar-refractivity contribution in [2.24, 2.45) is 0 Å².